The number of aromatic nitrogens is 1. The van der Waals surface area contributed by atoms with E-state index in [1.807, 2.05) is 0 Å². The summed E-state index contributed by atoms with van der Waals surface area (Å²) in [5.41, 5.74) is 9.85. The highest BCUT2D eigenvalue weighted by Crippen LogP contribution is 2.37. The number of hydrogen-bond donors (Lipinski definition) is 0. The summed E-state index contributed by atoms with van der Waals surface area (Å²) in [5, 5.41) is 2.55. The van der Waals surface area contributed by atoms with Crippen molar-refractivity contribution in [3.05, 3.63) is 139 Å². The Morgan fingerprint density at radius 2 is 1.03 bits per heavy atom. The molecular weight excluding hydrogens is 400 g/mol. The smallest absolute Gasteiger partial charge is 0.114 e. The third-order valence-corrected chi connectivity index (χ3v) is 6.60. The molecule has 2 heteroatoms. The van der Waals surface area contributed by atoms with E-state index < -0.39 is 0 Å². The van der Waals surface area contributed by atoms with E-state index >= 15 is 0 Å². The van der Waals surface area contributed by atoms with Crippen molar-refractivity contribution in [2.24, 2.45) is 0 Å². The second-order valence-corrected chi connectivity index (χ2v) is 8.47. The zero-order chi connectivity index (χ0) is 21.8. The molecule has 0 N–H and O–H groups in total. The van der Waals surface area contributed by atoms with Crippen LogP contribution in [-0.2, 0) is 0 Å². The van der Waals surface area contributed by atoms with E-state index in [-0.39, 0.29) is 0 Å². The average Bonchev–Trinajstić information content (AvgIpc) is 3.20. The maximum atomic E-state index is 2.38. The SMILES string of the molecule is c1ccc(-c2cccc(C3=[N+](n4c5ccccc5c5ccccc54)c4ccccc43)c2)cc1. The van der Waals surface area contributed by atoms with Gasteiger partial charge in [0.05, 0.1) is 5.56 Å². The van der Waals surface area contributed by atoms with Crippen molar-refractivity contribution in [1.82, 2.24) is 9.36 Å². The lowest BCUT2D eigenvalue weighted by molar-refractivity contribution is 0.683. The van der Waals surface area contributed by atoms with Gasteiger partial charge in [-0.2, -0.15) is 0 Å². The van der Waals surface area contributed by atoms with E-state index in [0.29, 0.717) is 0 Å². The molecule has 0 radical (unpaired) electrons. The van der Waals surface area contributed by atoms with Crippen LogP contribution in [0.3, 0.4) is 0 Å². The maximum absolute atomic E-state index is 2.38. The first-order valence-corrected chi connectivity index (χ1v) is 11.3. The standard InChI is InChI=1S/C31H21N2/c1-2-11-22(12-3-1)23-13-10-14-24(21-23)31-27-17-6-9-20-30(27)33(31)32-28-18-7-4-15-25(28)26-16-5-8-19-29(26)32/h1-21H/q+1. The summed E-state index contributed by atoms with van der Waals surface area (Å²) in [6, 6.07) is 45.5. The first kappa shape index (κ1) is 18.2. The van der Waals surface area contributed by atoms with Gasteiger partial charge in [0.15, 0.2) is 0 Å². The van der Waals surface area contributed by atoms with Crippen molar-refractivity contribution >= 4 is 33.2 Å². The number of rotatable bonds is 3. The van der Waals surface area contributed by atoms with E-state index in [1.165, 1.54) is 55.5 Å². The van der Waals surface area contributed by atoms with Crippen molar-refractivity contribution in [2.45, 2.75) is 0 Å². The number of hydrogen-bond acceptors (Lipinski definition) is 0. The molecule has 0 atom stereocenters. The van der Waals surface area contributed by atoms with Crippen LogP contribution in [0, 0.1) is 0 Å². The Morgan fingerprint density at radius 1 is 0.455 bits per heavy atom. The quantitative estimate of drug-likeness (QED) is 0.265. The van der Waals surface area contributed by atoms with Gasteiger partial charge in [-0.3, -0.25) is 0 Å². The largest absolute Gasteiger partial charge is 0.258 e. The second-order valence-electron chi connectivity index (χ2n) is 8.47. The lowest BCUT2D eigenvalue weighted by Gasteiger charge is -2.21. The van der Waals surface area contributed by atoms with Gasteiger partial charge < -0.3 is 0 Å². The summed E-state index contributed by atoms with van der Waals surface area (Å²) in [6.45, 7) is 0. The summed E-state index contributed by atoms with van der Waals surface area (Å²) in [6.07, 6.45) is 0. The van der Waals surface area contributed by atoms with Crippen molar-refractivity contribution in [3.8, 4) is 11.1 Å². The molecule has 1 aromatic heterocycles. The molecule has 0 bridgehead atoms. The van der Waals surface area contributed by atoms with E-state index in [0.717, 1.165) is 0 Å². The summed E-state index contributed by atoms with van der Waals surface area (Å²) in [7, 11) is 0. The van der Waals surface area contributed by atoms with Gasteiger partial charge in [0.25, 0.3) is 11.4 Å². The zero-order valence-electron chi connectivity index (χ0n) is 18.0. The molecule has 33 heavy (non-hydrogen) atoms. The minimum absolute atomic E-state index is 1.21. The van der Waals surface area contributed by atoms with Crippen LogP contribution in [0.5, 0.6) is 0 Å². The fourth-order valence-electron chi connectivity index (χ4n) is 5.12. The van der Waals surface area contributed by atoms with Crippen LogP contribution in [0.15, 0.2) is 127 Å². The van der Waals surface area contributed by atoms with E-state index in [9.17, 15) is 0 Å². The summed E-state index contributed by atoms with van der Waals surface area (Å²) < 4.78 is 4.75. The Bertz CT molecular complexity index is 1650. The van der Waals surface area contributed by atoms with Crippen LogP contribution in [-0.4, -0.2) is 10.4 Å². The molecule has 0 saturated carbocycles. The van der Waals surface area contributed by atoms with Gasteiger partial charge in [0.2, 0.25) is 0 Å². The van der Waals surface area contributed by atoms with Gasteiger partial charge in [-0.05, 0) is 41.5 Å². The van der Waals surface area contributed by atoms with E-state index in [1.54, 1.807) is 0 Å². The Kier molecular flexibility index (Phi) is 3.88. The molecule has 5 aromatic carbocycles. The average molecular weight is 422 g/mol. The van der Waals surface area contributed by atoms with Gasteiger partial charge in [0.1, 0.15) is 16.6 Å². The van der Waals surface area contributed by atoms with Crippen LogP contribution >= 0.6 is 0 Å². The number of benzene rings is 5. The van der Waals surface area contributed by atoms with Crippen molar-refractivity contribution in [3.63, 3.8) is 0 Å². The second kappa shape index (κ2) is 7.04. The molecular formula is C31H21N2+. The molecule has 1 aliphatic rings. The summed E-state index contributed by atoms with van der Waals surface area (Å²) in [4.78, 5) is 0. The molecule has 7 rings (SSSR count). The molecule has 2 nitrogen and oxygen atoms in total. The van der Waals surface area contributed by atoms with Crippen LogP contribution < -0.4 is 4.68 Å². The molecule has 0 spiro atoms. The van der Waals surface area contributed by atoms with Crippen LogP contribution in [0.4, 0.5) is 5.69 Å². The van der Waals surface area contributed by atoms with Crippen molar-refractivity contribution < 1.29 is 0 Å². The monoisotopic (exact) mass is 421 g/mol. The minimum Gasteiger partial charge on any atom is -0.114 e. The van der Waals surface area contributed by atoms with E-state index in [4.69, 9.17) is 0 Å². The molecule has 0 aliphatic carbocycles. The van der Waals surface area contributed by atoms with Crippen molar-refractivity contribution in [1.29, 1.82) is 0 Å². The highest BCUT2D eigenvalue weighted by Gasteiger charge is 2.40. The molecule has 0 amide bonds. The Hall–Kier alpha value is -4.43. The van der Waals surface area contributed by atoms with Gasteiger partial charge in [-0.15, -0.1) is 4.68 Å². The summed E-state index contributed by atoms with van der Waals surface area (Å²) in [5.74, 6) is 0. The Morgan fingerprint density at radius 3 is 1.79 bits per heavy atom. The third-order valence-electron chi connectivity index (χ3n) is 6.60. The zero-order valence-corrected chi connectivity index (χ0v) is 18.0. The number of nitrogens with zero attached hydrogens (tertiary/aromatic N) is 2. The first-order chi connectivity index (χ1) is 16.4. The topological polar surface area (TPSA) is 7.94 Å². The van der Waals surface area contributed by atoms with Crippen LogP contribution in [0.1, 0.15) is 11.1 Å². The molecule has 6 aromatic rings. The first-order valence-electron chi connectivity index (χ1n) is 11.3. The minimum atomic E-state index is 1.21. The van der Waals surface area contributed by atoms with Crippen molar-refractivity contribution in [2.75, 3.05) is 0 Å². The fourth-order valence-corrected chi connectivity index (χ4v) is 5.12. The molecule has 154 valence electrons. The molecule has 0 unspecified atom stereocenters. The molecule has 1 aliphatic heterocycles. The highest BCUT2D eigenvalue weighted by atomic mass is 15.5. The Labute approximate surface area is 192 Å². The molecule has 0 saturated heterocycles. The summed E-state index contributed by atoms with van der Waals surface area (Å²) >= 11 is 0. The fraction of sp³-hybridized carbons (Fsp3) is 0. The highest BCUT2D eigenvalue weighted by molar-refractivity contribution is 6.23. The van der Waals surface area contributed by atoms with Gasteiger partial charge in [-0.1, -0.05) is 95.7 Å². The predicted molar refractivity (Wildman–Crippen MR) is 138 cm³/mol. The maximum Gasteiger partial charge on any atom is 0.258 e. The van der Waals surface area contributed by atoms with Crippen LogP contribution in [0.2, 0.25) is 0 Å². The lowest BCUT2D eigenvalue weighted by Crippen LogP contribution is -2.37. The van der Waals surface area contributed by atoms with Gasteiger partial charge in [-0.25, -0.2) is 0 Å². The number of fused-ring (bicyclic) bond motifs is 4. The van der Waals surface area contributed by atoms with Gasteiger partial charge >= 0.3 is 0 Å². The third kappa shape index (κ3) is 2.64. The normalized spacial score (nSPS) is 12.7. The molecule has 2 heterocycles. The molecule has 0 fully saturated rings. The predicted octanol–water partition coefficient (Wildman–Crippen LogP) is 7.28. The van der Waals surface area contributed by atoms with Gasteiger partial charge in [0, 0.05) is 16.8 Å². The Balaban J connectivity index is 1.54. The number of para-hydroxylation sites is 3. The van der Waals surface area contributed by atoms with E-state index in [2.05, 4.69) is 137 Å². The van der Waals surface area contributed by atoms with Crippen LogP contribution in [0.25, 0.3) is 32.9 Å². The lowest BCUT2D eigenvalue weighted by atomic mass is 9.92.